The van der Waals surface area contributed by atoms with Crippen molar-refractivity contribution in [2.45, 2.75) is 25.8 Å². The van der Waals surface area contributed by atoms with Crippen LogP contribution in [0.5, 0.6) is 0 Å². The van der Waals surface area contributed by atoms with Gasteiger partial charge in [-0.05, 0) is 71.6 Å². The summed E-state index contributed by atoms with van der Waals surface area (Å²) in [5.74, 6) is 0.334. The Balaban J connectivity index is 1.68. The van der Waals surface area contributed by atoms with Crippen LogP contribution >= 0.6 is 22.6 Å². The summed E-state index contributed by atoms with van der Waals surface area (Å²) < 4.78 is 1.24. The smallest absolute Gasteiger partial charge is 0.223 e. The molecule has 2 aliphatic heterocycles. The number of piperidine rings is 1. The number of carbonyl (C=O) groups excluding carboxylic acids is 1. The van der Waals surface area contributed by atoms with Gasteiger partial charge in [-0.3, -0.25) is 4.79 Å². The summed E-state index contributed by atoms with van der Waals surface area (Å²) in [6.07, 6.45) is 3.03. The van der Waals surface area contributed by atoms with E-state index in [9.17, 15) is 4.79 Å². The van der Waals surface area contributed by atoms with Crippen LogP contribution in [-0.4, -0.2) is 30.4 Å². The molecule has 3 nitrogen and oxygen atoms in total. The first-order valence-electron chi connectivity index (χ1n) is 6.90. The third-order valence-corrected chi connectivity index (χ3v) is 5.08. The minimum Gasteiger partial charge on any atom is -0.338 e. The Morgan fingerprint density at radius 2 is 1.89 bits per heavy atom. The van der Waals surface area contributed by atoms with Crippen molar-refractivity contribution >= 4 is 28.5 Å². The molecule has 19 heavy (non-hydrogen) atoms. The Morgan fingerprint density at radius 1 is 1.21 bits per heavy atom. The molecule has 102 valence electrons. The maximum atomic E-state index is 12.2. The van der Waals surface area contributed by atoms with Crippen LogP contribution in [0, 0.1) is 8.99 Å². The van der Waals surface area contributed by atoms with E-state index in [-0.39, 0.29) is 5.41 Å². The highest BCUT2D eigenvalue weighted by molar-refractivity contribution is 14.1. The lowest BCUT2D eigenvalue weighted by molar-refractivity contribution is -0.128. The molecule has 1 aromatic carbocycles. The van der Waals surface area contributed by atoms with Gasteiger partial charge in [-0.2, -0.15) is 0 Å². The summed E-state index contributed by atoms with van der Waals surface area (Å²) >= 11 is 2.31. The molecule has 3 rings (SSSR count). The van der Waals surface area contributed by atoms with E-state index in [0.717, 1.165) is 45.4 Å². The quantitative estimate of drug-likeness (QED) is 0.811. The first kappa shape index (κ1) is 13.4. The number of halogens is 1. The number of rotatable bonds is 2. The number of benzene rings is 1. The second-order valence-electron chi connectivity index (χ2n) is 5.80. The minimum atomic E-state index is 0.255. The Kier molecular flexibility index (Phi) is 3.80. The molecule has 0 aromatic heterocycles. The van der Waals surface area contributed by atoms with E-state index in [1.165, 1.54) is 9.13 Å². The van der Waals surface area contributed by atoms with Crippen molar-refractivity contribution in [3.05, 3.63) is 33.4 Å². The normalized spacial score (nSPS) is 22.2. The predicted octanol–water partition coefficient (Wildman–Crippen LogP) is 2.39. The van der Waals surface area contributed by atoms with Gasteiger partial charge in [0.2, 0.25) is 5.91 Å². The number of amides is 1. The van der Waals surface area contributed by atoms with Crippen LogP contribution < -0.4 is 5.32 Å². The zero-order valence-electron chi connectivity index (χ0n) is 11.0. The van der Waals surface area contributed by atoms with Crippen molar-refractivity contribution in [3.63, 3.8) is 0 Å². The molecule has 0 bridgehead atoms. The van der Waals surface area contributed by atoms with Gasteiger partial charge in [0.05, 0.1) is 0 Å². The lowest BCUT2D eigenvalue weighted by atomic mass is 9.78. The highest BCUT2D eigenvalue weighted by atomic mass is 127. The van der Waals surface area contributed by atoms with Gasteiger partial charge in [0.25, 0.3) is 0 Å². The Hall–Kier alpha value is -0.620. The number of likely N-dealkylation sites (tertiary alicyclic amines) is 1. The van der Waals surface area contributed by atoms with Crippen molar-refractivity contribution in [2.24, 2.45) is 5.41 Å². The number of hydrogen-bond acceptors (Lipinski definition) is 2. The molecule has 2 heterocycles. The van der Waals surface area contributed by atoms with Crippen molar-refractivity contribution in [3.8, 4) is 0 Å². The Labute approximate surface area is 127 Å². The first-order valence-corrected chi connectivity index (χ1v) is 7.98. The van der Waals surface area contributed by atoms with Crippen molar-refractivity contribution in [2.75, 3.05) is 19.6 Å². The lowest BCUT2D eigenvalue weighted by Gasteiger charge is -2.33. The van der Waals surface area contributed by atoms with Crippen LogP contribution in [0.15, 0.2) is 24.3 Å². The van der Waals surface area contributed by atoms with Crippen LogP contribution in [-0.2, 0) is 11.3 Å². The van der Waals surface area contributed by atoms with Crippen LogP contribution in [0.2, 0.25) is 0 Å². The van der Waals surface area contributed by atoms with E-state index in [4.69, 9.17) is 0 Å². The van der Waals surface area contributed by atoms with E-state index in [1.807, 2.05) is 4.90 Å². The maximum Gasteiger partial charge on any atom is 0.223 e. The van der Waals surface area contributed by atoms with E-state index in [2.05, 4.69) is 52.2 Å². The van der Waals surface area contributed by atoms with Gasteiger partial charge in [0, 0.05) is 23.1 Å². The first-order chi connectivity index (χ1) is 9.17. The fraction of sp³-hybridized carbons (Fsp3) is 0.533. The molecule has 1 spiro atoms. The number of carbonyl (C=O) groups is 1. The lowest BCUT2D eigenvalue weighted by Crippen LogP contribution is -2.38. The minimum absolute atomic E-state index is 0.255. The third-order valence-electron chi connectivity index (χ3n) is 4.36. The Morgan fingerprint density at radius 3 is 2.58 bits per heavy atom. The van der Waals surface area contributed by atoms with Crippen molar-refractivity contribution in [1.29, 1.82) is 0 Å². The summed E-state index contributed by atoms with van der Waals surface area (Å²) in [5, 5.41) is 3.39. The molecule has 0 atom stereocenters. The van der Waals surface area contributed by atoms with Gasteiger partial charge in [0.1, 0.15) is 0 Å². The molecular formula is C15H19IN2O. The third kappa shape index (κ3) is 2.94. The molecule has 2 saturated heterocycles. The summed E-state index contributed by atoms with van der Waals surface area (Å²) in [5.41, 5.74) is 1.49. The average Bonchev–Trinajstić information content (AvgIpc) is 2.69. The topological polar surface area (TPSA) is 32.3 Å². The van der Waals surface area contributed by atoms with Gasteiger partial charge < -0.3 is 10.2 Å². The van der Waals surface area contributed by atoms with Crippen molar-refractivity contribution in [1.82, 2.24) is 10.2 Å². The summed E-state index contributed by atoms with van der Waals surface area (Å²) in [6, 6.07) is 8.47. The van der Waals surface area contributed by atoms with Crippen LogP contribution in [0.1, 0.15) is 24.8 Å². The molecule has 1 aromatic rings. The summed E-state index contributed by atoms with van der Waals surface area (Å²) in [6.45, 7) is 3.83. The summed E-state index contributed by atoms with van der Waals surface area (Å²) in [7, 11) is 0. The molecular weight excluding hydrogens is 351 g/mol. The molecule has 1 N–H and O–H groups in total. The summed E-state index contributed by atoms with van der Waals surface area (Å²) in [4.78, 5) is 14.3. The van der Waals surface area contributed by atoms with Gasteiger partial charge in [-0.25, -0.2) is 0 Å². The van der Waals surface area contributed by atoms with E-state index >= 15 is 0 Å². The molecule has 0 aliphatic carbocycles. The number of nitrogens with one attached hydrogen (secondary N) is 1. The fourth-order valence-corrected chi connectivity index (χ4v) is 3.59. The van der Waals surface area contributed by atoms with E-state index < -0.39 is 0 Å². The number of nitrogens with zero attached hydrogens (tertiary/aromatic N) is 1. The zero-order valence-corrected chi connectivity index (χ0v) is 13.2. The molecule has 1 amide bonds. The molecule has 0 unspecified atom stereocenters. The second-order valence-corrected chi connectivity index (χ2v) is 7.05. The highest BCUT2D eigenvalue weighted by Crippen LogP contribution is 2.39. The molecule has 2 aliphatic rings. The predicted molar refractivity (Wildman–Crippen MR) is 83.7 cm³/mol. The molecule has 0 radical (unpaired) electrons. The van der Waals surface area contributed by atoms with E-state index in [0.29, 0.717) is 5.91 Å². The fourth-order valence-electron chi connectivity index (χ4n) is 3.23. The Bertz CT molecular complexity index is 466. The second kappa shape index (κ2) is 5.40. The van der Waals surface area contributed by atoms with Crippen LogP contribution in [0.25, 0.3) is 0 Å². The van der Waals surface area contributed by atoms with Gasteiger partial charge >= 0.3 is 0 Å². The van der Waals surface area contributed by atoms with Crippen LogP contribution in [0.3, 0.4) is 0 Å². The zero-order chi connectivity index (χ0) is 13.3. The largest absolute Gasteiger partial charge is 0.338 e. The van der Waals surface area contributed by atoms with Gasteiger partial charge in [-0.15, -0.1) is 0 Å². The van der Waals surface area contributed by atoms with Gasteiger partial charge in [0.15, 0.2) is 0 Å². The van der Waals surface area contributed by atoms with Crippen LogP contribution in [0.4, 0.5) is 0 Å². The molecule has 2 fully saturated rings. The van der Waals surface area contributed by atoms with Gasteiger partial charge in [-0.1, -0.05) is 12.1 Å². The van der Waals surface area contributed by atoms with Crippen molar-refractivity contribution < 1.29 is 4.79 Å². The highest BCUT2D eigenvalue weighted by Gasteiger charge is 2.43. The maximum absolute atomic E-state index is 12.2. The average molecular weight is 370 g/mol. The molecule has 0 saturated carbocycles. The molecule has 4 heteroatoms. The SMILES string of the molecule is O=C1CC2(CCNCC2)CN1Cc1ccc(I)cc1. The standard InChI is InChI=1S/C15H19IN2O/c16-13-3-1-12(2-4-13)10-18-11-15(9-14(18)19)5-7-17-8-6-15/h1-4,17H,5-11H2. The number of hydrogen-bond donors (Lipinski definition) is 1. The monoisotopic (exact) mass is 370 g/mol. The van der Waals surface area contributed by atoms with E-state index in [1.54, 1.807) is 0 Å².